The van der Waals surface area contributed by atoms with E-state index in [9.17, 15) is 9.59 Å². The number of nitrogens with zero attached hydrogens (tertiary/aromatic N) is 4. The molecule has 2 N–H and O–H groups in total. The van der Waals surface area contributed by atoms with E-state index in [0.717, 1.165) is 22.3 Å². The SMILES string of the molecule is Cc1cc(C)c2c(n1)[nH]n1c(=O)cc(C3CCN(C(=O)O)CC3)nc21. The topological polar surface area (TPSA) is 104 Å². The molecular formula is C17H19N5O3. The Morgan fingerprint density at radius 3 is 2.64 bits per heavy atom. The van der Waals surface area contributed by atoms with Gasteiger partial charge in [-0.15, -0.1) is 0 Å². The number of H-pyrrole nitrogens is 1. The Labute approximate surface area is 143 Å². The van der Waals surface area contributed by atoms with Gasteiger partial charge in [-0.25, -0.2) is 14.8 Å². The van der Waals surface area contributed by atoms with Crippen LogP contribution in [0.1, 0.15) is 35.7 Å². The molecule has 0 aliphatic carbocycles. The maximum Gasteiger partial charge on any atom is 0.407 e. The van der Waals surface area contributed by atoms with Crippen LogP contribution in [0.2, 0.25) is 0 Å². The van der Waals surface area contributed by atoms with Gasteiger partial charge in [0, 0.05) is 30.8 Å². The highest BCUT2D eigenvalue weighted by Crippen LogP contribution is 2.28. The van der Waals surface area contributed by atoms with E-state index in [-0.39, 0.29) is 11.5 Å². The van der Waals surface area contributed by atoms with Crippen LogP contribution in [0.5, 0.6) is 0 Å². The monoisotopic (exact) mass is 341 g/mol. The van der Waals surface area contributed by atoms with Crippen molar-refractivity contribution in [3.8, 4) is 0 Å². The van der Waals surface area contributed by atoms with Crippen molar-refractivity contribution in [2.75, 3.05) is 13.1 Å². The first-order chi connectivity index (χ1) is 11.9. The van der Waals surface area contributed by atoms with E-state index in [1.54, 1.807) is 6.07 Å². The van der Waals surface area contributed by atoms with Crippen LogP contribution in [-0.4, -0.2) is 48.8 Å². The van der Waals surface area contributed by atoms with Gasteiger partial charge in [-0.1, -0.05) is 0 Å². The summed E-state index contributed by atoms with van der Waals surface area (Å²) in [6, 6.07) is 3.52. The number of amides is 1. The summed E-state index contributed by atoms with van der Waals surface area (Å²) in [4.78, 5) is 34.2. The van der Waals surface area contributed by atoms with Crippen LogP contribution in [0.3, 0.4) is 0 Å². The molecule has 0 unspecified atom stereocenters. The molecule has 0 spiro atoms. The van der Waals surface area contributed by atoms with E-state index >= 15 is 0 Å². The van der Waals surface area contributed by atoms with Crippen molar-refractivity contribution in [2.24, 2.45) is 0 Å². The van der Waals surface area contributed by atoms with Crippen LogP contribution in [0, 0.1) is 13.8 Å². The van der Waals surface area contributed by atoms with E-state index in [1.807, 2.05) is 19.9 Å². The van der Waals surface area contributed by atoms with Gasteiger partial charge < -0.3 is 10.0 Å². The number of piperidine rings is 1. The highest BCUT2D eigenvalue weighted by Gasteiger charge is 2.25. The zero-order valence-corrected chi connectivity index (χ0v) is 14.1. The minimum absolute atomic E-state index is 0.0944. The lowest BCUT2D eigenvalue weighted by Gasteiger charge is -2.29. The van der Waals surface area contributed by atoms with Gasteiger partial charge in [0.1, 0.15) is 0 Å². The number of hydrogen-bond acceptors (Lipinski definition) is 4. The second-order valence-electron chi connectivity index (χ2n) is 6.64. The first-order valence-electron chi connectivity index (χ1n) is 8.31. The molecule has 1 aliphatic rings. The summed E-state index contributed by atoms with van der Waals surface area (Å²) < 4.78 is 1.43. The van der Waals surface area contributed by atoms with E-state index < -0.39 is 6.09 Å². The molecule has 0 saturated carbocycles. The van der Waals surface area contributed by atoms with E-state index in [1.165, 1.54) is 9.42 Å². The zero-order valence-electron chi connectivity index (χ0n) is 14.1. The zero-order chi connectivity index (χ0) is 17.7. The molecule has 1 saturated heterocycles. The highest BCUT2D eigenvalue weighted by atomic mass is 16.4. The summed E-state index contributed by atoms with van der Waals surface area (Å²) in [6.45, 7) is 4.83. The minimum Gasteiger partial charge on any atom is -0.465 e. The van der Waals surface area contributed by atoms with Gasteiger partial charge in [-0.05, 0) is 38.3 Å². The van der Waals surface area contributed by atoms with Crippen LogP contribution < -0.4 is 5.56 Å². The number of aryl methyl sites for hydroxylation is 2. The third kappa shape index (κ3) is 2.54. The van der Waals surface area contributed by atoms with Gasteiger partial charge >= 0.3 is 6.09 Å². The molecule has 8 nitrogen and oxygen atoms in total. The summed E-state index contributed by atoms with van der Waals surface area (Å²) in [5.74, 6) is 0.0944. The standard InChI is InChI=1S/C17H19N5O3/c1-9-7-10(2)18-15-14(9)16-19-12(8-13(23)22(16)20-15)11-3-5-21(6-4-11)17(24)25/h7-8,11H,3-6H2,1-2H3,(H,18,20)(H,24,25). The van der Waals surface area contributed by atoms with Crippen LogP contribution in [0.4, 0.5) is 4.79 Å². The summed E-state index contributed by atoms with van der Waals surface area (Å²) in [5, 5.41) is 12.9. The summed E-state index contributed by atoms with van der Waals surface area (Å²) >= 11 is 0. The smallest absolute Gasteiger partial charge is 0.407 e. The Morgan fingerprint density at radius 1 is 1.24 bits per heavy atom. The molecular weight excluding hydrogens is 322 g/mol. The van der Waals surface area contributed by atoms with E-state index in [0.29, 0.717) is 37.2 Å². The Bertz CT molecular complexity index is 1040. The predicted octanol–water partition coefficient (Wildman–Crippen LogP) is 2.05. The van der Waals surface area contributed by atoms with Crippen LogP contribution in [0.25, 0.3) is 16.7 Å². The van der Waals surface area contributed by atoms with Crippen LogP contribution in [-0.2, 0) is 0 Å². The minimum atomic E-state index is -0.893. The molecule has 0 radical (unpaired) electrons. The number of pyridine rings is 1. The Kier molecular flexibility index (Phi) is 3.48. The van der Waals surface area contributed by atoms with E-state index in [4.69, 9.17) is 10.1 Å². The molecule has 1 aliphatic heterocycles. The lowest BCUT2D eigenvalue weighted by Crippen LogP contribution is -2.37. The molecule has 0 bridgehead atoms. The van der Waals surface area contributed by atoms with Crippen molar-refractivity contribution >= 4 is 22.8 Å². The number of carbonyl (C=O) groups is 1. The van der Waals surface area contributed by atoms with Crippen LogP contribution in [0.15, 0.2) is 16.9 Å². The molecule has 0 atom stereocenters. The molecule has 8 heteroatoms. The largest absolute Gasteiger partial charge is 0.465 e. The number of nitrogens with one attached hydrogen (secondary N) is 1. The van der Waals surface area contributed by atoms with Gasteiger partial charge in [-0.2, -0.15) is 4.52 Å². The lowest BCUT2D eigenvalue weighted by atomic mass is 9.93. The fourth-order valence-electron chi connectivity index (χ4n) is 3.66. The summed E-state index contributed by atoms with van der Waals surface area (Å²) in [5.41, 5.74) is 3.70. The Morgan fingerprint density at radius 2 is 1.96 bits per heavy atom. The van der Waals surface area contributed by atoms with Crippen LogP contribution >= 0.6 is 0 Å². The molecule has 4 heterocycles. The number of likely N-dealkylation sites (tertiary alicyclic amines) is 1. The number of aromatic amines is 1. The fourth-order valence-corrected chi connectivity index (χ4v) is 3.66. The molecule has 3 aromatic heterocycles. The second kappa shape index (κ2) is 5.58. The van der Waals surface area contributed by atoms with Gasteiger partial charge in [-0.3, -0.25) is 9.89 Å². The van der Waals surface area contributed by atoms with E-state index in [2.05, 4.69) is 10.1 Å². The Balaban J connectivity index is 1.80. The van der Waals surface area contributed by atoms with Crippen molar-refractivity contribution in [3.63, 3.8) is 0 Å². The van der Waals surface area contributed by atoms with Gasteiger partial charge in [0.25, 0.3) is 5.56 Å². The van der Waals surface area contributed by atoms with Crippen molar-refractivity contribution < 1.29 is 9.90 Å². The maximum absolute atomic E-state index is 12.5. The molecule has 25 heavy (non-hydrogen) atoms. The third-order valence-corrected chi connectivity index (χ3v) is 4.91. The van der Waals surface area contributed by atoms with Gasteiger partial charge in [0.05, 0.1) is 11.1 Å². The lowest BCUT2D eigenvalue weighted by molar-refractivity contribution is 0.131. The predicted molar refractivity (Wildman–Crippen MR) is 92.2 cm³/mol. The Hall–Kier alpha value is -2.90. The number of aromatic nitrogens is 4. The first kappa shape index (κ1) is 15.6. The molecule has 1 fully saturated rings. The quantitative estimate of drug-likeness (QED) is 0.705. The molecule has 3 aromatic rings. The second-order valence-corrected chi connectivity index (χ2v) is 6.64. The van der Waals surface area contributed by atoms with Crippen molar-refractivity contribution in [3.05, 3.63) is 39.4 Å². The number of hydrogen-bond donors (Lipinski definition) is 2. The molecule has 130 valence electrons. The first-order valence-corrected chi connectivity index (χ1v) is 8.31. The maximum atomic E-state index is 12.5. The number of carboxylic acid groups (broad SMARTS) is 1. The highest BCUT2D eigenvalue weighted by molar-refractivity contribution is 5.92. The average Bonchev–Trinajstić information content (AvgIpc) is 2.94. The number of rotatable bonds is 1. The fraction of sp³-hybridized carbons (Fsp3) is 0.412. The normalized spacial score (nSPS) is 16.0. The average molecular weight is 341 g/mol. The summed E-state index contributed by atoms with van der Waals surface area (Å²) in [7, 11) is 0. The number of fused-ring (bicyclic) bond motifs is 3. The summed E-state index contributed by atoms with van der Waals surface area (Å²) in [6.07, 6.45) is 0.455. The third-order valence-electron chi connectivity index (χ3n) is 4.91. The van der Waals surface area contributed by atoms with Crippen molar-refractivity contribution in [2.45, 2.75) is 32.6 Å². The van der Waals surface area contributed by atoms with Gasteiger partial charge in [0.15, 0.2) is 11.3 Å². The van der Waals surface area contributed by atoms with Crippen molar-refractivity contribution in [1.82, 2.24) is 24.5 Å². The molecule has 4 rings (SSSR count). The molecule has 0 aromatic carbocycles. The van der Waals surface area contributed by atoms with Gasteiger partial charge in [0.2, 0.25) is 0 Å². The van der Waals surface area contributed by atoms with Crippen molar-refractivity contribution in [1.29, 1.82) is 0 Å². The molecule has 1 amide bonds.